The van der Waals surface area contributed by atoms with Crippen LogP contribution in [0.1, 0.15) is 32.9 Å². The number of H-pyrrole nitrogens is 1. The van der Waals surface area contributed by atoms with Gasteiger partial charge < -0.3 is 15.4 Å². The summed E-state index contributed by atoms with van der Waals surface area (Å²) in [6, 6.07) is 0. The van der Waals surface area contributed by atoms with Gasteiger partial charge in [-0.2, -0.15) is 0 Å². The highest BCUT2D eigenvalue weighted by Crippen LogP contribution is 2.24. The van der Waals surface area contributed by atoms with Gasteiger partial charge in [0.25, 0.3) is 0 Å². The summed E-state index contributed by atoms with van der Waals surface area (Å²) in [6.07, 6.45) is 4.14. The Bertz CT molecular complexity index is 271. The Hall–Kier alpha value is -0.870. The fourth-order valence-electron chi connectivity index (χ4n) is 1.43. The average Bonchev–Trinajstić information content (AvgIpc) is 2.70. The van der Waals surface area contributed by atoms with Crippen LogP contribution in [0.15, 0.2) is 12.5 Å². The molecular weight excluding hydrogens is 190 g/mol. The average molecular weight is 211 g/mol. The Balaban J connectivity index is 2.35. The lowest BCUT2D eigenvalue weighted by molar-refractivity contribution is 0.0488. The Kier molecular flexibility index (Phi) is 4.29. The van der Waals surface area contributed by atoms with Crippen LogP contribution in [0.25, 0.3) is 0 Å². The maximum absolute atomic E-state index is 9.67. The molecule has 2 unspecified atom stereocenters. The van der Waals surface area contributed by atoms with Gasteiger partial charge in [-0.3, -0.25) is 0 Å². The van der Waals surface area contributed by atoms with Crippen molar-refractivity contribution in [2.24, 2.45) is 5.41 Å². The van der Waals surface area contributed by atoms with E-state index >= 15 is 0 Å². The van der Waals surface area contributed by atoms with Crippen LogP contribution in [-0.4, -0.2) is 27.7 Å². The van der Waals surface area contributed by atoms with E-state index in [9.17, 15) is 5.11 Å². The van der Waals surface area contributed by atoms with Gasteiger partial charge in [0.2, 0.25) is 0 Å². The lowest BCUT2D eigenvalue weighted by Gasteiger charge is -2.31. The van der Waals surface area contributed by atoms with E-state index in [2.05, 4.69) is 29.1 Å². The first-order chi connectivity index (χ1) is 7.08. The van der Waals surface area contributed by atoms with E-state index in [-0.39, 0.29) is 11.5 Å². The maximum atomic E-state index is 9.67. The number of imidazole rings is 1. The van der Waals surface area contributed by atoms with Gasteiger partial charge in [0, 0.05) is 30.4 Å². The molecule has 4 nitrogen and oxygen atoms in total. The number of hydrogen-bond donors (Lipinski definition) is 3. The van der Waals surface area contributed by atoms with Gasteiger partial charge in [-0.25, -0.2) is 4.98 Å². The summed E-state index contributed by atoms with van der Waals surface area (Å²) in [4.78, 5) is 6.98. The van der Waals surface area contributed by atoms with E-state index < -0.39 is 0 Å². The Morgan fingerprint density at radius 3 is 2.87 bits per heavy atom. The Labute approximate surface area is 91.1 Å². The second kappa shape index (κ2) is 5.28. The van der Waals surface area contributed by atoms with E-state index in [0.717, 1.165) is 25.2 Å². The minimum atomic E-state index is -0.295. The monoisotopic (exact) mass is 211 g/mol. The van der Waals surface area contributed by atoms with Crippen LogP contribution >= 0.6 is 0 Å². The summed E-state index contributed by atoms with van der Waals surface area (Å²) in [6.45, 7) is 7.62. The van der Waals surface area contributed by atoms with E-state index in [1.165, 1.54) is 0 Å². The van der Waals surface area contributed by atoms with Gasteiger partial charge in [0.15, 0.2) is 0 Å². The molecule has 0 aliphatic rings. The third-order valence-corrected chi connectivity index (χ3v) is 3.22. The molecule has 0 fully saturated rings. The molecule has 0 aliphatic heterocycles. The van der Waals surface area contributed by atoms with Crippen LogP contribution in [0, 0.1) is 5.41 Å². The summed E-state index contributed by atoms with van der Waals surface area (Å²) >= 11 is 0. The zero-order chi connectivity index (χ0) is 11.3. The number of nitrogens with one attached hydrogen (secondary N) is 2. The zero-order valence-electron chi connectivity index (χ0n) is 9.75. The molecule has 1 rings (SSSR count). The molecule has 0 saturated heterocycles. The first kappa shape index (κ1) is 12.2. The summed E-state index contributed by atoms with van der Waals surface area (Å²) in [5.41, 5.74) is 1.01. The third-order valence-electron chi connectivity index (χ3n) is 3.22. The Morgan fingerprint density at radius 1 is 1.67 bits per heavy atom. The molecule has 0 aliphatic carbocycles. The molecule has 15 heavy (non-hydrogen) atoms. The topological polar surface area (TPSA) is 60.9 Å². The number of rotatable bonds is 6. The van der Waals surface area contributed by atoms with E-state index in [4.69, 9.17) is 0 Å². The van der Waals surface area contributed by atoms with Crippen LogP contribution in [0.2, 0.25) is 0 Å². The fourth-order valence-corrected chi connectivity index (χ4v) is 1.43. The van der Waals surface area contributed by atoms with Crippen molar-refractivity contribution in [2.45, 2.75) is 39.8 Å². The second-order valence-electron chi connectivity index (χ2n) is 4.36. The number of aromatic nitrogens is 2. The highest BCUT2D eigenvalue weighted by molar-refractivity contribution is 4.93. The molecule has 3 N–H and O–H groups in total. The van der Waals surface area contributed by atoms with E-state index in [1.54, 1.807) is 12.5 Å². The molecule has 0 spiro atoms. The third kappa shape index (κ3) is 3.32. The number of aromatic amines is 1. The van der Waals surface area contributed by atoms with Crippen molar-refractivity contribution in [1.29, 1.82) is 0 Å². The summed E-state index contributed by atoms with van der Waals surface area (Å²) in [5.74, 6) is 0. The SMILES string of the molecule is CCC(C)(CNCc1cnc[nH]1)C(C)O. The largest absolute Gasteiger partial charge is 0.393 e. The lowest BCUT2D eigenvalue weighted by atomic mass is 9.82. The minimum absolute atomic E-state index is 0.0555. The van der Waals surface area contributed by atoms with E-state index in [1.807, 2.05) is 6.92 Å². The van der Waals surface area contributed by atoms with Crippen LogP contribution in [0.4, 0.5) is 0 Å². The van der Waals surface area contributed by atoms with Crippen molar-refractivity contribution in [2.75, 3.05) is 6.54 Å². The smallest absolute Gasteiger partial charge is 0.0922 e. The molecule has 0 amide bonds. The molecule has 4 heteroatoms. The molecule has 86 valence electrons. The van der Waals surface area contributed by atoms with Crippen LogP contribution in [0.5, 0.6) is 0 Å². The molecule has 0 aromatic carbocycles. The van der Waals surface area contributed by atoms with Gasteiger partial charge >= 0.3 is 0 Å². The quantitative estimate of drug-likeness (QED) is 0.664. The molecule has 1 heterocycles. The van der Waals surface area contributed by atoms with Gasteiger partial charge in [-0.15, -0.1) is 0 Å². The van der Waals surface area contributed by atoms with Crippen LogP contribution in [-0.2, 0) is 6.54 Å². The predicted molar refractivity (Wildman–Crippen MR) is 60.4 cm³/mol. The summed E-state index contributed by atoms with van der Waals surface area (Å²) in [7, 11) is 0. The summed E-state index contributed by atoms with van der Waals surface area (Å²) < 4.78 is 0. The van der Waals surface area contributed by atoms with Gasteiger partial charge in [0.1, 0.15) is 0 Å². The normalized spacial score (nSPS) is 17.3. The molecule has 1 aromatic heterocycles. The molecule has 0 saturated carbocycles. The molecule has 0 radical (unpaired) electrons. The van der Waals surface area contributed by atoms with Crippen molar-refractivity contribution < 1.29 is 5.11 Å². The summed E-state index contributed by atoms with van der Waals surface area (Å²) in [5, 5.41) is 13.0. The van der Waals surface area contributed by atoms with E-state index in [0.29, 0.717) is 0 Å². The second-order valence-corrected chi connectivity index (χ2v) is 4.36. The first-order valence-electron chi connectivity index (χ1n) is 5.44. The highest BCUT2D eigenvalue weighted by Gasteiger charge is 2.27. The van der Waals surface area contributed by atoms with Crippen molar-refractivity contribution in [3.63, 3.8) is 0 Å². The first-order valence-corrected chi connectivity index (χ1v) is 5.44. The molecule has 2 atom stereocenters. The lowest BCUT2D eigenvalue weighted by Crippen LogP contribution is -2.39. The van der Waals surface area contributed by atoms with Crippen molar-refractivity contribution in [3.8, 4) is 0 Å². The van der Waals surface area contributed by atoms with Crippen LogP contribution < -0.4 is 5.32 Å². The number of aliphatic hydroxyl groups is 1. The van der Waals surface area contributed by atoms with Crippen molar-refractivity contribution >= 4 is 0 Å². The van der Waals surface area contributed by atoms with Gasteiger partial charge in [-0.05, 0) is 13.3 Å². The van der Waals surface area contributed by atoms with Crippen molar-refractivity contribution in [1.82, 2.24) is 15.3 Å². The maximum Gasteiger partial charge on any atom is 0.0922 e. The van der Waals surface area contributed by atoms with Gasteiger partial charge in [-0.1, -0.05) is 13.8 Å². The Morgan fingerprint density at radius 2 is 2.40 bits per heavy atom. The minimum Gasteiger partial charge on any atom is -0.393 e. The predicted octanol–water partition coefficient (Wildman–Crippen LogP) is 1.30. The zero-order valence-corrected chi connectivity index (χ0v) is 9.75. The number of hydrogen-bond acceptors (Lipinski definition) is 3. The van der Waals surface area contributed by atoms with Crippen LogP contribution in [0.3, 0.4) is 0 Å². The molecular formula is C11H21N3O. The molecule has 0 bridgehead atoms. The highest BCUT2D eigenvalue weighted by atomic mass is 16.3. The number of nitrogens with zero attached hydrogens (tertiary/aromatic N) is 1. The molecule has 1 aromatic rings. The fraction of sp³-hybridized carbons (Fsp3) is 0.727. The van der Waals surface area contributed by atoms with Crippen molar-refractivity contribution in [3.05, 3.63) is 18.2 Å². The standard InChI is InChI=1S/C11H21N3O/c1-4-11(3,9(2)15)7-12-5-10-6-13-8-14-10/h6,8-9,12,15H,4-5,7H2,1-3H3,(H,13,14). The number of aliphatic hydroxyl groups excluding tert-OH is 1. The van der Waals surface area contributed by atoms with Gasteiger partial charge in [0.05, 0.1) is 12.4 Å².